The maximum Gasteiger partial charge on any atom is 0.389 e. The van der Waals surface area contributed by atoms with Gasteiger partial charge in [0, 0.05) is 6.42 Å². The van der Waals surface area contributed by atoms with Crippen LogP contribution in [0.4, 0.5) is 13.2 Å². The van der Waals surface area contributed by atoms with Gasteiger partial charge in [0.05, 0.1) is 12.0 Å². The van der Waals surface area contributed by atoms with Crippen molar-refractivity contribution < 1.29 is 17.7 Å². The Hall–Kier alpha value is -1.11. The first-order valence-electron chi connectivity index (χ1n) is 5.48. The van der Waals surface area contributed by atoms with Crippen molar-refractivity contribution in [3.05, 3.63) is 11.7 Å². The smallest absolute Gasteiger partial charge is 0.337 e. The lowest BCUT2D eigenvalue weighted by Gasteiger charge is -2.18. The van der Waals surface area contributed by atoms with Gasteiger partial charge in [-0.3, -0.25) is 0 Å². The predicted molar refractivity (Wildman–Crippen MR) is 52.9 cm³/mol. The predicted octanol–water partition coefficient (Wildman–Crippen LogP) is 2.15. The molecule has 17 heavy (non-hydrogen) atoms. The van der Waals surface area contributed by atoms with Crippen LogP contribution in [0.2, 0.25) is 0 Å². The summed E-state index contributed by atoms with van der Waals surface area (Å²) in [6.07, 6.45) is -3.44. The Bertz CT molecular complexity index is 396. The Morgan fingerprint density at radius 1 is 1.41 bits per heavy atom. The van der Waals surface area contributed by atoms with Gasteiger partial charge in [-0.1, -0.05) is 5.16 Å². The van der Waals surface area contributed by atoms with E-state index in [2.05, 4.69) is 10.1 Å². The maximum absolute atomic E-state index is 12.0. The van der Waals surface area contributed by atoms with E-state index in [1.807, 2.05) is 0 Å². The quantitative estimate of drug-likeness (QED) is 0.887. The van der Waals surface area contributed by atoms with Gasteiger partial charge >= 0.3 is 6.18 Å². The first-order valence-corrected chi connectivity index (χ1v) is 5.48. The molecule has 0 amide bonds. The van der Waals surface area contributed by atoms with Crippen LogP contribution in [-0.4, -0.2) is 16.3 Å². The first-order chi connectivity index (χ1) is 7.79. The third-order valence-corrected chi connectivity index (χ3v) is 2.99. The average Bonchev–Trinajstić information content (AvgIpc) is 2.94. The van der Waals surface area contributed by atoms with Crippen LogP contribution in [-0.2, 0) is 12.0 Å². The third-order valence-electron chi connectivity index (χ3n) is 2.99. The molecular weight excluding hydrogens is 235 g/mol. The lowest BCUT2D eigenvalue weighted by molar-refractivity contribution is -0.134. The number of rotatable bonds is 4. The summed E-state index contributed by atoms with van der Waals surface area (Å²) in [6, 6.07) is 0. The minimum Gasteiger partial charge on any atom is -0.337 e. The zero-order valence-corrected chi connectivity index (χ0v) is 9.42. The van der Waals surface area contributed by atoms with E-state index in [1.54, 1.807) is 6.92 Å². The van der Waals surface area contributed by atoms with E-state index in [1.165, 1.54) is 0 Å². The summed E-state index contributed by atoms with van der Waals surface area (Å²) in [4.78, 5) is 3.94. The van der Waals surface area contributed by atoms with Gasteiger partial charge in [0.1, 0.15) is 0 Å². The van der Waals surface area contributed by atoms with Gasteiger partial charge in [-0.15, -0.1) is 0 Å². The van der Waals surface area contributed by atoms with Gasteiger partial charge in [0.25, 0.3) is 0 Å². The molecule has 1 aromatic rings. The molecule has 2 rings (SSSR count). The number of halogens is 3. The van der Waals surface area contributed by atoms with Crippen molar-refractivity contribution in [3.8, 4) is 0 Å². The molecule has 1 aliphatic rings. The molecule has 1 saturated carbocycles. The van der Waals surface area contributed by atoms with E-state index in [4.69, 9.17) is 10.3 Å². The third kappa shape index (κ3) is 2.96. The molecule has 7 heteroatoms. The fourth-order valence-corrected chi connectivity index (χ4v) is 1.69. The Morgan fingerprint density at radius 2 is 2.06 bits per heavy atom. The number of nitrogens with zero attached hydrogens (tertiary/aromatic N) is 2. The van der Waals surface area contributed by atoms with Crippen LogP contribution in [0.5, 0.6) is 0 Å². The van der Waals surface area contributed by atoms with Crippen molar-refractivity contribution in [3.63, 3.8) is 0 Å². The summed E-state index contributed by atoms with van der Waals surface area (Å²) >= 11 is 0. The normalized spacial score (nSPS) is 20.3. The Balaban J connectivity index is 2.00. The van der Waals surface area contributed by atoms with Gasteiger partial charge < -0.3 is 10.3 Å². The van der Waals surface area contributed by atoms with Crippen molar-refractivity contribution in [2.75, 3.05) is 0 Å². The molecule has 1 aliphatic carbocycles. The summed E-state index contributed by atoms with van der Waals surface area (Å²) in [5, 5.41) is 3.53. The van der Waals surface area contributed by atoms with Crippen LogP contribution >= 0.6 is 0 Å². The molecule has 96 valence electrons. The molecule has 0 radical (unpaired) electrons. The van der Waals surface area contributed by atoms with Gasteiger partial charge in [0.15, 0.2) is 5.82 Å². The molecule has 0 aliphatic heterocycles. The van der Waals surface area contributed by atoms with Crippen molar-refractivity contribution in [2.24, 2.45) is 11.7 Å². The van der Waals surface area contributed by atoms with E-state index in [0.29, 0.717) is 5.92 Å². The minimum absolute atomic E-state index is 0.0645. The molecule has 0 spiro atoms. The van der Waals surface area contributed by atoms with Crippen LogP contribution < -0.4 is 5.73 Å². The second-order valence-electron chi connectivity index (χ2n) is 4.69. The van der Waals surface area contributed by atoms with Crippen molar-refractivity contribution in [1.29, 1.82) is 0 Å². The summed E-state index contributed by atoms with van der Waals surface area (Å²) in [5.41, 5.74) is 5.30. The fraction of sp³-hybridized carbons (Fsp3) is 0.800. The topological polar surface area (TPSA) is 64.9 Å². The summed E-state index contributed by atoms with van der Waals surface area (Å²) in [7, 11) is 0. The lowest BCUT2D eigenvalue weighted by Crippen LogP contribution is -2.35. The molecule has 4 nitrogen and oxygen atoms in total. The number of nitrogens with two attached hydrogens (primary N) is 1. The molecule has 0 aromatic carbocycles. The van der Waals surface area contributed by atoms with E-state index in [0.717, 1.165) is 12.8 Å². The summed E-state index contributed by atoms with van der Waals surface area (Å²) in [5.74, 6) is 0.588. The second kappa shape index (κ2) is 3.97. The average molecular weight is 249 g/mol. The van der Waals surface area contributed by atoms with E-state index in [-0.39, 0.29) is 18.1 Å². The Kier molecular flexibility index (Phi) is 2.89. The van der Waals surface area contributed by atoms with Gasteiger partial charge in [-0.2, -0.15) is 18.2 Å². The summed E-state index contributed by atoms with van der Waals surface area (Å²) < 4.78 is 41.0. The van der Waals surface area contributed by atoms with Crippen LogP contribution in [0.25, 0.3) is 0 Å². The van der Waals surface area contributed by atoms with E-state index in [9.17, 15) is 13.2 Å². The van der Waals surface area contributed by atoms with Gasteiger partial charge in [0.2, 0.25) is 5.89 Å². The highest BCUT2D eigenvalue weighted by atomic mass is 19.4. The highest BCUT2D eigenvalue weighted by molar-refractivity contribution is 5.07. The minimum atomic E-state index is -4.21. The molecule has 0 bridgehead atoms. The van der Waals surface area contributed by atoms with E-state index >= 15 is 0 Å². The molecule has 1 aromatic heterocycles. The molecule has 2 N–H and O–H groups in total. The molecular formula is C10H14F3N3O. The zero-order valence-electron chi connectivity index (χ0n) is 9.42. The molecule has 1 atom stereocenters. The maximum atomic E-state index is 12.0. The van der Waals surface area contributed by atoms with Crippen LogP contribution in [0.15, 0.2) is 4.52 Å². The van der Waals surface area contributed by atoms with Gasteiger partial charge in [-0.25, -0.2) is 0 Å². The monoisotopic (exact) mass is 249 g/mol. The fourth-order valence-electron chi connectivity index (χ4n) is 1.69. The van der Waals surface area contributed by atoms with Crippen molar-refractivity contribution in [1.82, 2.24) is 10.1 Å². The highest BCUT2D eigenvalue weighted by Gasteiger charge is 2.43. The number of hydrogen-bond acceptors (Lipinski definition) is 4. The molecule has 1 heterocycles. The van der Waals surface area contributed by atoms with Crippen LogP contribution in [0.1, 0.15) is 37.9 Å². The Labute approximate surface area is 96.4 Å². The largest absolute Gasteiger partial charge is 0.389 e. The molecule has 0 saturated heterocycles. The van der Waals surface area contributed by atoms with Gasteiger partial charge in [-0.05, 0) is 25.7 Å². The number of alkyl halides is 3. The number of aromatic nitrogens is 2. The zero-order chi connectivity index (χ0) is 12.7. The Morgan fingerprint density at radius 3 is 2.59 bits per heavy atom. The molecule has 1 unspecified atom stereocenters. The van der Waals surface area contributed by atoms with Crippen molar-refractivity contribution in [2.45, 2.75) is 44.3 Å². The standard InChI is InChI=1S/C10H14F3N3O/c1-9(14,6-2-3-6)8-15-7(16-17-8)4-5-10(11,12)13/h6H,2-5,14H2,1H3. The van der Waals surface area contributed by atoms with Crippen LogP contribution in [0.3, 0.4) is 0 Å². The lowest BCUT2D eigenvalue weighted by atomic mass is 9.97. The first kappa shape index (κ1) is 12.3. The SMILES string of the molecule is CC(N)(c1nc(CCC(F)(F)F)no1)C1CC1. The van der Waals surface area contributed by atoms with Crippen LogP contribution in [0, 0.1) is 5.92 Å². The summed E-state index contributed by atoms with van der Waals surface area (Å²) in [6.45, 7) is 1.77. The number of hydrogen-bond donors (Lipinski definition) is 1. The highest BCUT2D eigenvalue weighted by Crippen LogP contribution is 2.43. The number of aryl methyl sites for hydroxylation is 1. The molecule has 1 fully saturated rings. The van der Waals surface area contributed by atoms with E-state index < -0.39 is 18.1 Å². The second-order valence-corrected chi connectivity index (χ2v) is 4.69. The van der Waals surface area contributed by atoms with Crippen molar-refractivity contribution >= 4 is 0 Å².